The number of benzene rings is 2. The van der Waals surface area contributed by atoms with Gasteiger partial charge in [0.25, 0.3) is 0 Å². The number of hydrogen-bond donors (Lipinski definition) is 0. The summed E-state index contributed by atoms with van der Waals surface area (Å²) in [6.07, 6.45) is 6.36. The number of aromatic nitrogens is 5. The van der Waals surface area contributed by atoms with Crippen molar-refractivity contribution in [2.24, 2.45) is 0 Å². The first kappa shape index (κ1) is 30.8. The Balaban J connectivity index is 1.23. The fourth-order valence-electron chi connectivity index (χ4n) is 5.84. The molecule has 2 aliphatic rings. The molecule has 47 heavy (non-hydrogen) atoms. The highest BCUT2D eigenvalue weighted by atomic mass is 79.9. The SMILES string of the molecule is COc1ccc(CN(Cc2ccc(OC)cc2)c2ncc(-c3nc(N4CCOCC4)nc4c3CCN4c3ccc(Br)cn3)cn2)cc1. The lowest BCUT2D eigenvalue weighted by Gasteiger charge is -2.28. The van der Waals surface area contributed by atoms with Gasteiger partial charge in [-0.3, -0.25) is 0 Å². The highest BCUT2D eigenvalue weighted by Crippen LogP contribution is 2.39. The smallest absolute Gasteiger partial charge is 0.228 e. The minimum Gasteiger partial charge on any atom is -0.497 e. The Hall–Kier alpha value is -4.81. The van der Waals surface area contributed by atoms with Crippen LogP contribution in [-0.4, -0.2) is 72.0 Å². The summed E-state index contributed by atoms with van der Waals surface area (Å²) in [6.45, 7) is 4.75. The predicted octanol–water partition coefficient (Wildman–Crippen LogP) is 5.85. The Kier molecular flexibility index (Phi) is 9.11. The molecule has 0 saturated carbocycles. The molecule has 5 heterocycles. The summed E-state index contributed by atoms with van der Waals surface area (Å²) in [4.78, 5) is 31.2. The van der Waals surface area contributed by atoms with Gasteiger partial charge in [-0.05, 0) is 69.9 Å². The molecule has 0 N–H and O–H groups in total. The average Bonchev–Trinajstić information content (AvgIpc) is 3.56. The number of fused-ring (bicyclic) bond motifs is 1. The zero-order valence-corrected chi connectivity index (χ0v) is 27.9. The van der Waals surface area contributed by atoms with E-state index in [1.807, 2.05) is 55.0 Å². The van der Waals surface area contributed by atoms with E-state index in [0.29, 0.717) is 38.2 Å². The summed E-state index contributed by atoms with van der Waals surface area (Å²) in [5.74, 6) is 4.66. The predicted molar refractivity (Wildman–Crippen MR) is 185 cm³/mol. The second-order valence-corrected chi connectivity index (χ2v) is 12.2. The van der Waals surface area contributed by atoms with E-state index in [4.69, 9.17) is 34.1 Å². The van der Waals surface area contributed by atoms with E-state index in [-0.39, 0.29) is 0 Å². The second kappa shape index (κ2) is 13.9. The van der Waals surface area contributed by atoms with Crippen LogP contribution in [-0.2, 0) is 24.2 Å². The maximum absolute atomic E-state index is 5.61. The number of rotatable bonds is 10. The van der Waals surface area contributed by atoms with Gasteiger partial charge < -0.3 is 28.9 Å². The number of hydrogen-bond acceptors (Lipinski definition) is 11. The molecule has 12 heteroatoms. The number of halogens is 1. The molecule has 2 aliphatic heterocycles. The Morgan fingerprint density at radius 2 is 1.40 bits per heavy atom. The summed E-state index contributed by atoms with van der Waals surface area (Å²) in [5, 5.41) is 0. The first-order valence-corrected chi connectivity index (χ1v) is 16.3. The monoisotopic (exact) mass is 694 g/mol. The molecule has 1 saturated heterocycles. The molecule has 11 nitrogen and oxygen atoms in total. The summed E-state index contributed by atoms with van der Waals surface area (Å²) in [5.41, 5.74) is 5.01. The molecule has 0 unspecified atom stereocenters. The van der Waals surface area contributed by atoms with Crippen molar-refractivity contribution in [2.75, 3.05) is 61.8 Å². The summed E-state index contributed by atoms with van der Waals surface area (Å²) >= 11 is 3.50. The lowest BCUT2D eigenvalue weighted by Crippen LogP contribution is -2.37. The van der Waals surface area contributed by atoms with Crippen molar-refractivity contribution < 1.29 is 14.2 Å². The topological polar surface area (TPSA) is 102 Å². The zero-order chi connectivity index (χ0) is 32.2. The van der Waals surface area contributed by atoms with Crippen LogP contribution in [0.1, 0.15) is 16.7 Å². The van der Waals surface area contributed by atoms with Gasteiger partial charge in [0.1, 0.15) is 23.1 Å². The van der Waals surface area contributed by atoms with E-state index in [1.54, 1.807) is 14.2 Å². The minimum atomic E-state index is 0.620. The van der Waals surface area contributed by atoms with Crippen LogP contribution in [0.2, 0.25) is 0 Å². The molecule has 0 spiro atoms. The highest BCUT2D eigenvalue weighted by molar-refractivity contribution is 9.10. The lowest BCUT2D eigenvalue weighted by atomic mass is 10.1. The zero-order valence-electron chi connectivity index (χ0n) is 26.3. The van der Waals surface area contributed by atoms with Crippen LogP contribution < -0.4 is 24.2 Å². The van der Waals surface area contributed by atoms with Gasteiger partial charge in [0.2, 0.25) is 11.9 Å². The van der Waals surface area contributed by atoms with Crippen molar-refractivity contribution in [1.82, 2.24) is 24.9 Å². The third-order valence-electron chi connectivity index (χ3n) is 8.36. The third-order valence-corrected chi connectivity index (χ3v) is 8.83. The molecular formula is C35H35BrN8O3. The maximum Gasteiger partial charge on any atom is 0.228 e. The van der Waals surface area contributed by atoms with E-state index in [2.05, 4.69) is 59.9 Å². The molecule has 5 aromatic rings. The molecule has 0 atom stereocenters. The Morgan fingerprint density at radius 3 is 1.98 bits per heavy atom. The largest absolute Gasteiger partial charge is 0.497 e. The maximum atomic E-state index is 5.61. The summed E-state index contributed by atoms with van der Waals surface area (Å²) in [7, 11) is 3.35. The first-order chi connectivity index (χ1) is 23.1. The number of pyridine rings is 1. The Morgan fingerprint density at radius 1 is 0.766 bits per heavy atom. The number of nitrogens with zero attached hydrogens (tertiary/aromatic N) is 8. The molecule has 3 aromatic heterocycles. The van der Waals surface area contributed by atoms with Crippen LogP contribution in [0.25, 0.3) is 11.3 Å². The molecule has 2 aromatic carbocycles. The second-order valence-electron chi connectivity index (χ2n) is 11.3. The van der Waals surface area contributed by atoms with Crippen molar-refractivity contribution in [2.45, 2.75) is 19.5 Å². The quantitative estimate of drug-likeness (QED) is 0.176. The molecule has 240 valence electrons. The van der Waals surface area contributed by atoms with E-state index in [0.717, 1.165) is 81.6 Å². The fraction of sp³-hybridized carbons (Fsp3) is 0.286. The van der Waals surface area contributed by atoms with E-state index < -0.39 is 0 Å². The van der Waals surface area contributed by atoms with Gasteiger partial charge in [-0.15, -0.1) is 0 Å². The van der Waals surface area contributed by atoms with Crippen LogP contribution in [0.4, 0.5) is 23.5 Å². The van der Waals surface area contributed by atoms with Gasteiger partial charge in [0.15, 0.2) is 0 Å². The number of anilines is 4. The molecule has 1 fully saturated rings. The first-order valence-electron chi connectivity index (χ1n) is 15.5. The summed E-state index contributed by atoms with van der Waals surface area (Å²) in [6, 6.07) is 20.2. The van der Waals surface area contributed by atoms with Crippen molar-refractivity contribution in [1.29, 1.82) is 0 Å². The van der Waals surface area contributed by atoms with Crippen LogP contribution in [0, 0.1) is 0 Å². The van der Waals surface area contributed by atoms with Gasteiger partial charge in [0, 0.05) is 66.9 Å². The molecule has 0 aliphatic carbocycles. The third kappa shape index (κ3) is 6.84. The van der Waals surface area contributed by atoms with Crippen LogP contribution >= 0.6 is 15.9 Å². The number of methoxy groups -OCH3 is 2. The van der Waals surface area contributed by atoms with E-state index in [9.17, 15) is 0 Å². The van der Waals surface area contributed by atoms with E-state index in [1.165, 1.54) is 0 Å². The summed E-state index contributed by atoms with van der Waals surface area (Å²) < 4.78 is 17.3. The van der Waals surface area contributed by atoms with E-state index >= 15 is 0 Å². The van der Waals surface area contributed by atoms with Gasteiger partial charge in [-0.2, -0.15) is 4.98 Å². The minimum absolute atomic E-state index is 0.620. The lowest BCUT2D eigenvalue weighted by molar-refractivity contribution is 0.122. The van der Waals surface area contributed by atoms with Gasteiger partial charge in [-0.1, -0.05) is 24.3 Å². The van der Waals surface area contributed by atoms with Crippen LogP contribution in [0.3, 0.4) is 0 Å². The highest BCUT2D eigenvalue weighted by Gasteiger charge is 2.30. The average molecular weight is 696 g/mol. The van der Waals surface area contributed by atoms with Crippen LogP contribution in [0.5, 0.6) is 11.5 Å². The number of ether oxygens (including phenoxy) is 3. The Labute approximate surface area is 282 Å². The van der Waals surface area contributed by atoms with Crippen molar-refractivity contribution in [3.63, 3.8) is 0 Å². The normalized spacial score (nSPS) is 14.2. The molecular weight excluding hydrogens is 660 g/mol. The van der Waals surface area contributed by atoms with Crippen molar-refractivity contribution >= 4 is 39.5 Å². The molecule has 0 radical (unpaired) electrons. The van der Waals surface area contributed by atoms with Crippen molar-refractivity contribution in [3.8, 4) is 22.8 Å². The van der Waals surface area contributed by atoms with Crippen molar-refractivity contribution in [3.05, 3.63) is 100 Å². The molecule has 0 amide bonds. The van der Waals surface area contributed by atoms with Gasteiger partial charge >= 0.3 is 0 Å². The number of morpholine rings is 1. The molecule has 7 rings (SSSR count). The molecule has 0 bridgehead atoms. The fourth-order valence-corrected chi connectivity index (χ4v) is 6.08. The Bertz CT molecular complexity index is 1750. The van der Waals surface area contributed by atoms with Crippen LogP contribution in [0.15, 0.2) is 83.7 Å². The standard InChI is InChI=1S/C35H35BrN8O3/c1-45-28-8-3-24(4-9-28)22-43(23-25-5-10-29(46-2)11-6-25)34-38-19-26(20-39-34)32-30-13-14-44(31-12-7-27(36)21-37-31)33(30)41-35(40-32)42-15-17-47-18-16-42/h3-12,19-21H,13-18,22-23H2,1-2H3. The van der Waals surface area contributed by atoms with Gasteiger partial charge in [-0.25, -0.2) is 19.9 Å². The van der Waals surface area contributed by atoms with Gasteiger partial charge in [0.05, 0.1) is 33.1 Å².